The third-order valence-electron chi connectivity index (χ3n) is 2.83. The summed E-state index contributed by atoms with van der Waals surface area (Å²) in [4.78, 5) is 11.8. The molecule has 0 aliphatic carbocycles. The van der Waals surface area contributed by atoms with Gasteiger partial charge in [-0.2, -0.15) is 0 Å². The number of rotatable bonds is 5. The van der Waals surface area contributed by atoms with Gasteiger partial charge in [0, 0.05) is 6.04 Å². The normalized spacial score (nSPS) is 11.9. The second kappa shape index (κ2) is 7.00. The van der Waals surface area contributed by atoms with Gasteiger partial charge in [0.1, 0.15) is 5.01 Å². The molecule has 1 aromatic carbocycles. The minimum Gasteiger partial charge on any atom is -0.335 e. The number of urea groups is 1. The first-order valence-corrected chi connectivity index (χ1v) is 7.36. The SMILES string of the molecule is Cc1nnc(NC(=O)N[C@H](C)CCc2ccccc2)s1. The number of carbonyl (C=O) groups excluding carboxylic acids is 1. The average molecular weight is 290 g/mol. The van der Waals surface area contributed by atoms with Gasteiger partial charge in [-0.1, -0.05) is 41.7 Å². The van der Waals surface area contributed by atoms with Crippen molar-refractivity contribution in [3.05, 3.63) is 40.9 Å². The van der Waals surface area contributed by atoms with E-state index in [1.54, 1.807) is 0 Å². The summed E-state index contributed by atoms with van der Waals surface area (Å²) in [5.41, 5.74) is 1.28. The molecule has 20 heavy (non-hydrogen) atoms. The predicted octanol–water partition coefficient (Wildman–Crippen LogP) is 2.99. The molecule has 0 bridgehead atoms. The van der Waals surface area contributed by atoms with Crippen LogP contribution in [0.25, 0.3) is 0 Å². The molecule has 0 radical (unpaired) electrons. The highest BCUT2D eigenvalue weighted by Crippen LogP contribution is 2.13. The van der Waals surface area contributed by atoms with E-state index in [9.17, 15) is 4.79 Å². The minimum atomic E-state index is -0.235. The molecule has 0 fully saturated rings. The van der Waals surface area contributed by atoms with E-state index in [0.717, 1.165) is 17.8 Å². The van der Waals surface area contributed by atoms with Gasteiger partial charge in [-0.15, -0.1) is 10.2 Å². The fraction of sp³-hybridized carbons (Fsp3) is 0.357. The van der Waals surface area contributed by atoms with Gasteiger partial charge in [-0.3, -0.25) is 5.32 Å². The standard InChI is InChI=1S/C14H18N4OS/c1-10(8-9-12-6-4-3-5-7-12)15-13(19)16-14-18-17-11(2)20-14/h3-7,10H,8-9H2,1-2H3,(H2,15,16,18,19)/t10-/m1/s1. The first-order chi connectivity index (χ1) is 9.63. The lowest BCUT2D eigenvalue weighted by Gasteiger charge is -2.13. The first-order valence-electron chi connectivity index (χ1n) is 6.55. The van der Waals surface area contributed by atoms with E-state index in [1.165, 1.54) is 16.9 Å². The summed E-state index contributed by atoms with van der Waals surface area (Å²) in [7, 11) is 0. The lowest BCUT2D eigenvalue weighted by molar-refractivity contribution is 0.248. The summed E-state index contributed by atoms with van der Waals surface area (Å²) >= 11 is 1.36. The molecule has 0 aliphatic heterocycles. The summed E-state index contributed by atoms with van der Waals surface area (Å²) in [5.74, 6) is 0. The topological polar surface area (TPSA) is 66.9 Å². The van der Waals surface area contributed by atoms with Gasteiger partial charge in [0.2, 0.25) is 5.13 Å². The smallest absolute Gasteiger partial charge is 0.321 e. The zero-order valence-electron chi connectivity index (χ0n) is 11.6. The molecule has 0 unspecified atom stereocenters. The van der Waals surface area contributed by atoms with Crippen molar-refractivity contribution >= 4 is 22.5 Å². The van der Waals surface area contributed by atoms with E-state index in [1.807, 2.05) is 32.0 Å². The molecule has 0 spiro atoms. The number of aromatic nitrogens is 2. The molecule has 0 aliphatic rings. The number of anilines is 1. The zero-order valence-corrected chi connectivity index (χ0v) is 12.4. The molecule has 2 N–H and O–H groups in total. The van der Waals surface area contributed by atoms with Crippen molar-refractivity contribution in [3.8, 4) is 0 Å². The molecular weight excluding hydrogens is 272 g/mol. The fourth-order valence-corrected chi connectivity index (χ4v) is 2.39. The van der Waals surface area contributed by atoms with Crippen LogP contribution in [0.5, 0.6) is 0 Å². The molecule has 2 rings (SSSR count). The summed E-state index contributed by atoms with van der Waals surface area (Å²) in [6.07, 6.45) is 1.84. The van der Waals surface area contributed by atoms with Crippen LogP contribution in [0, 0.1) is 6.92 Å². The van der Waals surface area contributed by atoms with Crippen molar-refractivity contribution in [2.45, 2.75) is 32.7 Å². The van der Waals surface area contributed by atoms with Gasteiger partial charge in [0.15, 0.2) is 0 Å². The Morgan fingerprint density at radius 2 is 2.05 bits per heavy atom. The van der Waals surface area contributed by atoms with E-state index in [4.69, 9.17) is 0 Å². The Morgan fingerprint density at radius 3 is 2.70 bits per heavy atom. The van der Waals surface area contributed by atoms with Crippen molar-refractivity contribution in [1.29, 1.82) is 0 Å². The molecule has 2 amide bonds. The molecule has 106 valence electrons. The molecule has 1 aromatic heterocycles. The first kappa shape index (κ1) is 14.5. The Hall–Kier alpha value is -1.95. The number of benzene rings is 1. The lowest BCUT2D eigenvalue weighted by Crippen LogP contribution is -2.36. The Kier molecular flexibility index (Phi) is 5.06. The van der Waals surface area contributed by atoms with Crippen molar-refractivity contribution in [3.63, 3.8) is 0 Å². The summed E-state index contributed by atoms with van der Waals surface area (Å²) < 4.78 is 0. The van der Waals surface area contributed by atoms with Crippen LogP contribution in [0.4, 0.5) is 9.93 Å². The van der Waals surface area contributed by atoms with Gasteiger partial charge in [0.05, 0.1) is 0 Å². The molecule has 2 aromatic rings. The van der Waals surface area contributed by atoms with E-state index in [-0.39, 0.29) is 12.1 Å². The Morgan fingerprint density at radius 1 is 1.30 bits per heavy atom. The van der Waals surface area contributed by atoms with Gasteiger partial charge < -0.3 is 5.32 Å². The van der Waals surface area contributed by atoms with Gasteiger partial charge in [-0.05, 0) is 32.3 Å². The number of amides is 2. The second-order valence-electron chi connectivity index (χ2n) is 4.65. The van der Waals surface area contributed by atoms with E-state index in [0.29, 0.717) is 5.13 Å². The Balaban J connectivity index is 1.73. The van der Waals surface area contributed by atoms with Crippen LogP contribution in [0.1, 0.15) is 23.9 Å². The van der Waals surface area contributed by atoms with Crippen LogP contribution in [0.3, 0.4) is 0 Å². The van der Waals surface area contributed by atoms with Crippen molar-refractivity contribution < 1.29 is 4.79 Å². The number of hydrogen-bond donors (Lipinski definition) is 2. The van der Waals surface area contributed by atoms with Crippen LogP contribution in [0.2, 0.25) is 0 Å². The predicted molar refractivity (Wildman–Crippen MR) is 81.0 cm³/mol. The molecular formula is C14H18N4OS. The number of aryl methyl sites for hydroxylation is 2. The molecule has 0 saturated heterocycles. The van der Waals surface area contributed by atoms with E-state index >= 15 is 0 Å². The number of nitrogens with zero attached hydrogens (tertiary/aromatic N) is 2. The maximum Gasteiger partial charge on any atom is 0.321 e. The van der Waals surface area contributed by atoms with Crippen LogP contribution in [-0.2, 0) is 6.42 Å². The monoisotopic (exact) mass is 290 g/mol. The molecule has 0 saturated carbocycles. The van der Waals surface area contributed by atoms with Gasteiger partial charge in [-0.25, -0.2) is 4.79 Å². The fourth-order valence-electron chi connectivity index (χ4n) is 1.80. The van der Waals surface area contributed by atoms with Crippen LogP contribution >= 0.6 is 11.3 Å². The Bertz CT molecular complexity index is 555. The third-order valence-corrected chi connectivity index (χ3v) is 3.59. The maximum atomic E-state index is 11.8. The summed E-state index contributed by atoms with van der Waals surface area (Å²) in [6.45, 7) is 3.84. The molecule has 6 heteroatoms. The highest BCUT2D eigenvalue weighted by molar-refractivity contribution is 7.15. The average Bonchev–Trinajstić information content (AvgIpc) is 2.83. The summed E-state index contributed by atoms with van der Waals surface area (Å²) in [6, 6.07) is 10.1. The third kappa shape index (κ3) is 4.62. The lowest BCUT2D eigenvalue weighted by atomic mass is 10.1. The van der Waals surface area contributed by atoms with Crippen LogP contribution in [-0.4, -0.2) is 22.3 Å². The Labute approximate surface area is 122 Å². The number of nitrogens with one attached hydrogen (secondary N) is 2. The van der Waals surface area contributed by atoms with E-state index < -0.39 is 0 Å². The van der Waals surface area contributed by atoms with Crippen molar-refractivity contribution in [2.75, 3.05) is 5.32 Å². The van der Waals surface area contributed by atoms with Crippen LogP contribution in [0.15, 0.2) is 30.3 Å². The maximum absolute atomic E-state index is 11.8. The summed E-state index contributed by atoms with van der Waals surface area (Å²) in [5, 5.41) is 14.6. The largest absolute Gasteiger partial charge is 0.335 e. The van der Waals surface area contributed by atoms with Gasteiger partial charge in [0.25, 0.3) is 0 Å². The van der Waals surface area contributed by atoms with Crippen LogP contribution < -0.4 is 10.6 Å². The van der Waals surface area contributed by atoms with Gasteiger partial charge >= 0.3 is 6.03 Å². The molecule has 5 nitrogen and oxygen atoms in total. The minimum absolute atomic E-state index is 0.101. The zero-order chi connectivity index (χ0) is 14.4. The quantitative estimate of drug-likeness (QED) is 0.889. The number of hydrogen-bond acceptors (Lipinski definition) is 4. The molecule has 1 heterocycles. The highest BCUT2D eigenvalue weighted by atomic mass is 32.1. The van der Waals surface area contributed by atoms with Crippen molar-refractivity contribution in [2.24, 2.45) is 0 Å². The second-order valence-corrected chi connectivity index (χ2v) is 5.83. The number of carbonyl (C=O) groups is 1. The highest BCUT2D eigenvalue weighted by Gasteiger charge is 2.09. The van der Waals surface area contributed by atoms with E-state index in [2.05, 4.69) is 33.0 Å². The van der Waals surface area contributed by atoms with Crippen molar-refractivity contribution in [1.82, 2.24) is 15.5 Å². The molecule has 1 atom stereocenters.